The zero-order valence-electron chi connectivity index (χ0n) is 12.1. The molecule has 2 aromatic heterocycles. The van der Waals surface area contributed by atoms with Gasteiger partial charge in [0.2, 0.25) is 5.78 Å². The third-order valence-electron chi connectivity index (χ3n) is 3.10. The van der Waals surface area contributed by atoms with Crippen molar-refractivity contribution < 1.29 is 4.79 Å². The maximum atomic E-state index is 12.1. The summed E-state index contributed by atoms with van der Waals surface area (Å²) >= 11 is 0. The third kappa shape index (κ3) is 2.37. The molecule has 0 unspecified atom stereocenters. The SMILES string of the molecule is C=CC(=O)c1nc2[nH]ccc2cc1N(C=C)C(C)(C)C. The zero-order chi connectivity index (χ0) is 14.9. The molecule has 104 valence electrons. The van der Waals surface area contributed by atoms with E-state index in [4.69, 9.17) is 0 Å². The van der Waals surface area contributed by atoms with Crippen LogP contribution in [-0.2, 0) is 0 Å². The van der Waals surface area contributed by atoms with E-state index in [9.17, 15) is 4.79 Å². The van der Waals surface area contributed by atoms with Crippen LogP contribution in [0.5, 0.6) is 0 Å². The smallest absolute Gasteiger partial charge is 0.205 e. The molecule has 1 N–H and O–H groups in total. The number of hydrogen-bond donors (Lipinski definition) is 1. The summed E-state index contributed by atoms with van der Waals surface area (Å²) in [6.45, 7) is 13.6. The first-order valence-corrected chi connectivity index (χ1v) is 6.45. The number of H-pyrrole nitrogens is 1. The highest BCUT2D eigenvalue weighted by Gasteiger charge is 2.24. The second kappa shape index (κ2) is 4.96. The molecule has 0 fully saturated rings. The Balaban J connectivity index is 2.73. The highest BCUT2D eigenvalue weighted by Crippen LogP contribution is 2.30. The molecule has 4 nitrogen and oxygen atoms in total. The third-order valence-corrected chi connectivity index (χ3v) is 3.10. The molecule has 0 amide bonds. The number of aromatic amines is 1. The van der Waals surface area contributed by atoms with Gasteiger partial charge in [-0.05, 0) is 45.2 Å². The van der Waals surface area contributed by atoms with Gasteiger partial charge in [-0.3, -0.25) is 4.79 Å². The minimum atomic E-state index is -0.205. The number of fused-ring (bicyclic) bond motifs is 1. The highest BCUT2D eigenvalue weighted by molar-refractivity contribution is 6.08. The molecule has 0 radical (unpaired) electrons. The minimum absolute atomic E-state index is 0.201. The van der Waals surface area contributed by atoms with E-state index in [2.05, 4.69) is 43.9 Å². The second-order valence-corrected chi connectivity index (χ2v) is 5.56. The van der Waals surface area contributed by atoms with Crippen molar-refractivity contribution in [2.75, 3.05) is 4.90 Å². The van der Waals surface area contributed by atoms with Crippen molar-refractivity contribution in [2.24, 2.45) is 0 Å². The number of aromatic nitrogens is 2. The van der Waals surface area contributed by atoms with Crippen molar-refractivity contribution in [1.82, 2.24) is 9.97 Å². The van der Waals surface area contributed by atoms with Crippen LogP contribution in [0.2, 0.25) is 0 Å². The van der Waals surface area contributed by atoms with Crippen LogP contribution >= 0.6 is 0 Å². The Morgan fingerprint density at radius 1 is 1.40 bits per heavy atom. The van der Waals surface area contributed by atoms with Crippen LogP contribution < -0.4 is 4.90 Å². The highest BCUT2D eigenvalue weighted by atomic mass is 16.1. The topological polar surface area (TPSA) is 49.0 Å². The van der Waals surface area contributed by atoms with Crippen LogP contribution in [0.15, 0.2) is 43.8 Å². The lowest BCUT2D eigenvalue weighted by Crippen LogP contribution is -2.38. The van der Waals surface area contributed by atoms with Crippen LogP contribution in [0.1, 0.15) is 31.3 Å². The van der Waals surface area contributed by atoms with Gasteiger partial charge in [-0.2, -0.15) is 0 Å². The molecular weight excluding hydrogens is 250 g/mol. The first-order chi connectivity index (χ1) is 9.38. The number of carbonyl (C=O) groups is 1. The number of allylic oxidation sites excluding steroid dienone is 1. The van der Waals surface area contributed by atoms with E-state index < -0.39 is 0 Å². The summed E-state index contributed by atoms with van der Waals surface area (Å²) in [5, 5.41) is 0.955. The standard InChI is InChI=1S/C16H19N3O/c1-6-13(20)14-12(19(7-2)16(3,4)5)10-11-8-9-17-15(11)18-14/h6-10H,1-2H2,3-5H3,(H,17,18). The Hall–Kier alpha value is -2.36. The average Bonchev–Trinajstić information content (AvgIpc) is 2.83. The van der Waals surface area contributed by atoms with Crippen molar-refractivity contribution in [3.05, 3.63) is 49.5 Å². The Morgan fingerprint density at radius 3 is 2.65 bits per heavy atom. The molecule has 0 saturated carbocycles. The first-order valence-electron chi connectivity index (χ1n) is 6.45. The molecule has 0 atom stereocenters. The first kappa shape index (κ1) is 14.1. The molecular formula is C16H19N3O. The van der Waals surface area contributed by atoms with Gasteiger partial charge in [0.15, 0.2) is 0 Å². The van der Waals surface area contributed by atoms with Gasteiger partial charge in [0.25, 0.3) is 0 Å². The summed E-state index contributed by atoms with van der Waals surface area (Å²) in [5.41, 5.74) is 1.61. The fraction of sp³-hybridized carbons (Fsp3) is 0.250. The number of pyridine rings is 1. The van der Waals surface area contributed by atoms with Crippen molar-refractivity contribution >= 4 is 22.5 Å². The van der Waals surface area contributed by atoms with E-state index in [0.717, 1.165) is 11.1 Å². The molecule has 4 heteroatoms. The number of nitrogens with zero attached hydrogens (tertiary/aromatic N) is 2. The summed E-state index contributed by atoms with van der Waals surface area (Å²) in [5.74, 6) is -0.201. The van der Waals surface area contributed by atoms with E-state index in [0.29, 0.717) is 11.3 Å². The van der Waals surface area contributed by atoms with Crippen LogP contribution in [-0.4, -0.2) is 21.3 Å². The van der Waals surface area contributed by atoms with Crippen LogP contribution in [0.25, 0.3) is 11.0 Å². The number of carbonyl (C=O) groups excluding carboxylic acids is 1. The van der Waals surface area contributed by atoms with Crippen LogP contribution in [0.3, 0.4) is 0 Å². The molecule has 0 aliphatic carbocycles. The molecule has 0 aromatic carbocycles. The molecule has 0 aliphatic rings. The number of hydrogen-bond acceptors (Lipinski definition) is 3. The summed E-state index contributed by atoms with van der Waals surface area (Å²) in [4.78, 5) is 21.5. The Morgan fingerprint density at radius 2 is 2.10 bits per heavy atom. The molecule has 2 aromatic rings. The fourth-order valence-corrected chi connectivity index (χ4v) is 2.17. The second-order valence-electron chi connectivity index (χ2n) is 5.56. The van der Waals surface area contributed by atoms with Crippen molar-refractivity contribution in [2.45, 2.75) is 26.3 Å². The van der Waals surface area contributed by atoms with Crippen molar-refractivity contribution in [1.29, 1.82) is 0 Å². The molecule has 0 aliphatic heterocycles. The number of anilines is 1. The molecule has 0 spiro atoms. The van der Waals surface area contributed by atoms with E-state index in [1.165, 1.54) is 6.08 Å². The molecule has 0 bridgehead atoms. The number of nitrogens with one attached hydrogen (secondary N) is 1. The van der Waals surface area contributed by atoms with Gasteiger partial charge in [-0.15, -0.1) is 0 Å². The van der Waals surface area contributed by atoms with Crippen molar-refractivity contribution in [3.8, 4) is 0 Å². The van der Waals surface area contributed by atoms with E-state index >= 15 is 0 Å². The Bertz CT molecular complexity index is 677. The lowest BCUT2D eigenvalue weighted by Gasteiger charge is -2.35. The lowest BCUT2D eigenvalue weighted by molar-refractivity contribution is 0.104. The lowest BCUT2D eigenvalue weighted by atomic mass is 10.0. The van der Waals surface area contributed by atoms with Gasteiger partial charge in [0, 0.05) is 17.1 Å². The van der Waals surface area contributed by atoms with Gasteiger partial charge in [0.05, 0.1) is 5.69 Å². The van der Waals surface area contributed by atoms with E-state index in [1.54, 1.807) is 12.4 Å². The predicted molar refractivity (Wildman–Crippen MR) is 83.1 cm³/mol. The number of ketones is 1. The van der Waals surface area contributed by atoms with Crippen molar-refractivity contribution in [3.63, 3.8) is 0 Å². The maximum Gasteiger partial charge on any atom is 0.205 e. The minimum Gasteiger partial charge on any atom is -0.346 e. The van der Waals surface area contributed by atoms with Gasteiger partial charge >= 0.3 is 0 Å². The Labute approximate surface area is 118 Å². The van der Waals surface area contributed by atoms with Gasteiger partial charge < -0.3 is 9.88 Å². The average molecular weight is 269 g/mol. The van der Waals surface area contributed by atoms with Gasteiger partial charge in [0.1, 0.15) is 11.3 Å². The molecule has 2 heterocycles. The van der Waals surface area contributed by atoms with Crippen LogP contribution in [0.4, 0.5) is 5.69 Å². The van der Waals surface area contributed by atoms with E-state index in [-0.39, 0.29) is 11.3 Å². The van der Waals surface area contributed by atoms with Crippen LogP contribution in [0, 0.1) is 0 Å². The number of rotatable bonds is 4. The molecule has 2 rings (SSSR count). The van der Waals surface area contributed by atoms with Gasteiger partial charge in [-0.1, -0.05) is 13.2 Å². The Kier molecular flexibility index (Phi) is 3.49. The molecule has 0 saturated heterocycles. The predicted octanol–water partition coefficient (Wildman–Crippen LogP) is 3.68. The zero-order valence-corrected chi connectivity index (χ0v) is 12.1. The molecule has 20 heavy (non-hydrogen) atoms. The maximum absolute atomic E-state index is 12.1. The summed E-state index contributed by atoms with van der Waals surface area (Å²) in [6.07, 6.45) is 4.80. The largest absolute Gasteiger partial charge is 0.346 e. The summed E-state index contributed by atoms with van der Waals surface area (Å²) in [6, 6.07) is 3.88. The monoisotopic (exact) mass is 269 g/mol. The quantitative estimate of drug-likeness (QED) is 0.680. The summed E-state index contributed by atoms with van der Waals surface area (Å²) < 4.78 is 0. The normalized spacial score (nSPS) is 11.3. The van der Waals surface area contributed by atoms with E-state index in [1.807, 2.05) is 17.0 Å². The summed E-state index contributed by atoms with van der Waals surface area (Å²) in [7, 11) is 0. The fourth-order valence-electron chi connectivity index (χ4n) is 2.17. The van der Waals surface area contributed by atoms with Gasteiger partial charge in [-0.25, -0.2) is 4.98 Å².